The Kier molecular flexibility index (Phi) is 3.78. The number of aryl methyl sites for hydroxylation is 2. The summed E-state index contributed by atoms with van der Waals surface area (Å²) in [7, 11) is 1.92. The normalized spacial score (nSPS) is 17.6. The molecule has 1 aromatic carbocycles. The summed E-state index contributed by atoms with van der Waals surface area (Å²) in [5.41, 5.74) is 2.11. The van der Waals surface area contributed by atoms with E-state index in [4.69, 9.17) is 16.6 Å². The van der Waals surface area contributed by atoms with Crippen molar-refractivity contribution in [2.24, 2.45) is 7.05 Å². The molecule has 1 aliphatic heterocycles. The molecule has 0 aliphatic carbocycles. The largest absolute Gasteiger partial charge is 0.385 e. The molecule has 0 bridgehead atoms. The van der Waals surface area contributed by atoms with Gasteiger partial charge in [0.05, 0.1) is 16.0 Å². The molecule has 0 amide bonds. The highest BCUT2D eigenvalue weighted by atomic mass is 35.5. The Morgan fingerprint density at radius 2 is 1.88 bits per heavy atom. The second kappa shape index (κ2) is 5.72. The molecule has 2 aromatic heterocycles. The predicted molar refractivity (Wildman–Crippen MR) is 97.9 cm³/mol. The maximum absolute atomic E-state index is 11.0. The van der Waals surface area contributed by atoms with Crippen molar-refractivity contribution in [1.82, 2.24) is 14.8 Å². The van der Waals surface area contributed by atoms with Crippen LogP contribution in [0.4, 0.5) is 5.13 Å². The zero-order valence-corrected chi connectivity index (χ0v) is 15.2. The summed E-state index contributed by atoms with van der Waals surface area (Å²) < 4.78 is 2.98. The van der Waals surface area contributed by atoms with Gasteiger partial charge in [-0.1, -0.05) is 35.1 Å². The molecule has 4 rings (SSSR count). The highest BCUT2D eigenvalue weighted by Gasteiger charge is 2.35. The van der Waals surface area contributed by atoms with E-state index >= 15 is 0 Å². The lowest BCUT2D eigenvalue weighted by atomic mass is 9.84. The Labute approximate surface area is 149 Å². The van der Waals surface area contributed by atoms with Gasteiger partial charge < -0.3 is 10.0 Å². The molecule has 3 aromatic rings. The fourth-order valence-electron chi connectivity index (χ4n) is 3.33. The van der Waals surface area contributed by atoms with E-state index in [1.54, 1.807) is 11.3 Å². The third kappa shape index (κ3) is 2.59. The topological polar surface area (TPSA) is 54.2 Å². The van der Waals surface area contributed by atoms with Gasteiger partial charge in [-0.3, -0.25) is 0 Å². The van der Waals surface area contributed by atoms with Gasteiger partial charge in [0.25, 0.3) is 0 Å². The van der Waals surface area contributed by atoms with Crippen molar-refractivity contribution in [2.75, 3.05) is 18.0 Å². The van der Waals surface area contributed by atoms with Crippen molar-refractivity contribution in [2.45, 2.75) is 25.4 Å². The lowest BCUT2D eigenvalue weighted by molar-refractivity contribution is 0.0118. The molecule has 24 heavy (non-hydrogen) atoms. The summed E-state index contributed by atoms with van der Waals surface area (Å²) in [5, 5.41) is 17.1. The minimum absolute atomic E-state index is 0.682. The van der Waals surface area contributed by atoms with Crippen LogP contribution in [0.15, 0.2) is 24.3 Å². The van der Waals surface area contributed by atoms with E-state index in [9.17, 15) is 5.11 Å². The van der Waals surface area contributed by atoms with Crippen LogP contribution in [0.5, 0.6) is 0 Å². The monoisotopic (exact) mass is 362 g/mol. The highest BCUT2D eigenvalue weighted by molar-refractivity contribution is 7.22. The average Bonchev–Trinajstić information content (AvgIpc) is 3.11. The summed E-state index contributed by atoms with van der Waals surface area (Å²) >= 11 is 7.63. The number of anilines is 1. The number of halogens is 1. The first-order chi connectivity index (χ1) is 11.5. The molecule has 1 fully saturated rings. The molecule has 0 atom stereocenters. The SMILES string of the molecule is Cc1nn(C)c2nc(N3CCC(O)(c4ccc(Cl)cc4)CC3)sc12. The Balaban J connectivity index is 1.54. The molecule has 0 radical (unpaired) electrons. The first kappa shape index (κ1) is 15.9. The molecular formula is C17H19ClN4OS. The van der Waals surface area contributed by atoms with Crippen LogP contribution >= 0.6 is 22.9 Å². The summed E-state index contributed by atoms with van der Waals surface area (Å²) in [5.74, 6) is 0. The second-order valence-electron chi connectivity index (χ2n) is 6.38. The lowest BCUT2D eigenvalue weighted by Gasteiger charge is -2.38. The van der Waals surface area contributed by atoms with E-state index in [2.05, 4.69) is 10.00 Å². The third-order valence-electron chi connectivity index (χ3n) is 4.78. The van der Waals surface area contributed by atoms with Gasteiger partial charge >= 0.3 is 0 Å². The Hall–Kier alpha value is -1.63. The standard InChI is InChI=1S/C17H19ClN4OS/c1-11-14-15(21(2)20-11)19-16(24-14)22-9-7-17(23,8-10-22)12-3-5-13(18)6-4-12/h3-6,23H,7-10H2,1-2H3. The first-order valence-corrected chi connectivity index (χ1v) is 9.19. The Bertz CT molecular complexity index is 844. The fraction of sp³-hybridized carbons (Fsp3) is 0.412. The van der Waals surface area contributed by atoms with Gasteiger partial charge in [0.2, 0.25) is 0 Å². The molecule has 1 N–H and O–H groups in total. The number of rotatable bonds is 2. The quantitative estimate of drug-likeness (QED) is 0.758. The molecule has 7 heteroatoms. The Morgan fingerprint density at radius 1 is 1.21 bits per heavy atom. The number of fused-ring (bicyclic) bond motifs is 1. The van der Waals surface area contributed by atoms with Crippen molar-refractivity contribution >= 4 is 38.4 Å². The van der Waals surface area contributed by atoms with Crippen LogP contribution in [0.1, 0.15) is 24.1 Å². The smallest absolute Gasteiger partial charge is 0.188 e. The summed E-state index contributed by atoms with van der Waals surface area (Å²) in [4.78, 5) is 6.99. The van der Waals surface area contributed by atoms with Crippen LogP contribution in [0.2, 0.25) is 5.02 Å². The molecular weight excluding hydrogens is 344 g/mol. The number of aromatic nitrogens is 3. The lowest BCUT2D eigenvalue weighted by Crippen LogP contribution is -2.42. The van der Waals surface area contributed by atoms with E-state index in [1.165, 1.54) is 0 Å². The van der Waals surface area contributed by atoms with E-state index < -0.39 is 5.60 Å². The maximum Gasteiger partial charge on any atom is 0.188 e. The van der Waals surface area contributed by atoms with Gasteiger partial charge in [-0.05, 0) is 37.5 Å². The van der Waals surface area contributed by atoms with Crippen molar-refractivity contribution in [3.63, 3.8) is 0 Å². The third-order valence-corrected chi connectivity index (χ3v) is 6.24. The van der Waals surface area contributed by atoms with Gasteiger partial charge in [-0.25, -0.2) is 9.67 Å². The van der Waals surface area contributed by atoms with Crippen molar-refractivity contribution in [3.8, 4) is 0 Å². The summed E-state index contributed by atoms with van der Waals surface area (Å²) in [6.45, 7) is 3.58. The summed E-state index contributed by atoms with van der Waals surface area (Å²) in [6, 6.07) is 7.52. The Morgan fingerprint density at radius 3 is 2.50 bits per heavy atom. The minimum atomic E-state index is -0.782. The van der Waals surface area contributed by atoms with Crippen LogP contribution in [0.25, 0.3) is 10.3 Å². The highest BCUT2D eigenvalue weighted by Crippen LogP contribution is 2.37. The maximum atomic E-state index is 11.0. The molecule has 1 aliphatic rings. The van der Waals surface area contributed by atoms with Gasteiger partial charge in [-0.2, -0.15) is 5.10 Å². The first-order valence-electron chi connectivity index (χ1n) is 8.00. The zero-order chi connectivity index (χ0) is 16.9. The van der Waals surface area contributed by atoms with Gasteiger partial charge in [0.15, 0.2) is 10.8 Å². The fourth-order valence-corrected chi connectivity index (χ4v) is 4.54. The molecule has 0 unspecified atom stereocenters. The molecule has 0 spiro atoms. The number of benzene rings is 1. The molecule has 5 nitrogen and oxygen atoms in total. The van der Waals surface area contributed by atoms with Crippen LogP contribution in [0, 0.1) is 6.92 Å². The van der Waals surface area contributed by atoms with Crippen LogP contribution in [0.3, 0.4) is 0 Å². The number of aliphatic hydroxyl groups is 1. The molecule has 0 saturated carbocycles. The molecule has 126 valence electrons. The van der Waals surface area contributed by atoms with Crippen molar-refractivity contribution < 1.29 is 5.11 Å². The average molecular weight is 363 g/mol. The number of hydrogen-bond acceptors (Lipinski definition) is 5. The van der Waals surface area contributed by atoms with Gasteiger partial charge in [0.1, 0.15) is 0 Å². The molecule has 1 saturated heterocycles. The van der Waals surface area contributed by atoms with Crippen LogP contribution in [-0.2, 0) is 12.6 Å². The van der Waals surface area contributed by atoms with Crippen molar-refractivity contribution in [3.05, 3.63) is 40.5 Å². The van der Waals surface area contributed by atoms with Crippen LogP contribution < -0.4 is 4.90 Å². The van der Waals surface area contributed by atoms with E-state index in [1.807, 2.05) is 42.9 Å². The summed E-state index contributed by atoms with van der Waals surface area (Å²) in [6.07, 6.45) is 1.36. The van der Waals surface area contributed by atoms with Gasteiger partial charge in [0, 0.05) is 25.2 Å². The number of thiazole rings is 1. The van der Waals surface area contributed by atoms with Crippen molar-refractivity contribution in [1.29, 1.82) is 0 Å². The number of nitrogens with zero attached hydrogens (tertiary/aromatic N) is 4. The zero-order valence-electron chi connectivity index (χ0n) is 13.7. The van der Waals surface area contributed by atoms with E-state index in [-0.39, 0.29) is 0 Å². The number of hydrogen-bond donors (Lipinski definition) is 1. The predicted octanol–water partition coefficient (Wildman–Crippen LogP) is 3.48. The van der Waals surface area contributed by atoms with Gasteiger partial charge in [-0.15, -0.1) is 0 Å². The van der Waals surface area contributed by atoms with E-state index in [0.29, 0.717) is 17.9 Å². The van der Waals surface area contributed by atoms with Crippen LogP contribution in [-0.4, -0.2) is 33.0 Å². The molecule has 3 heterocycles. The van der Waals surface area contributed by atoms with E-state index in [0.717, 1.165) is 39.8 Å². The minimum Gasteiger partial charge on any atom is -0.385 e. The number of piperidine rings is 1. The second-order valence-corrected chi connectivity index (χ2v) is 7.80.